The number of nitrogens with zero attached hydrogens (tertiary/aromatic N) is 2. The Bertz CT molecular complexity index is 835. The van der Waals surface area contributed by atoms with Gasteiger partial charge in [-0.3, -0.25) is 14.9 Å². The van der Waals surface area contributed by atoms with Gasteiger partial charge in [-0.2, -0.15) is 0 Å². The fraction of sp³-hybridized carbons (Fsp3) is 0.632. The Labute approximate surface area is 172 Å². The Kier molecular flexibility index (Phi) is 7.97. The molecule has 2 rings (SSSR count). The highest BCUT2D eigenvalue weighted by Gasteiger charge is 2.28. The van der Waals surface area contributed by atoms with E-state index in [-0.39, 0.29) is 34.8 Å². The maximum absolute atomic E-state index is 12.8. The molecular formula is C19H30N4O5S. The summed E-state index contributed by atoms with van der Waals surface area (Å²) in [5.74, 6) is 0.328. The van der Waals surface area contributed by atoms with Crippen molar-refractivity contribution in [1.82, 2.24) is 10.0 Å². The number of anilines is 1. The number of nitro groups is 1. The fourth-order valence-corrected chi connectivity index (χ4v) is 4.87. The lowest BCUT2D eigenvalue weighted by molar-refractivity contribution is -0.384. The highest BCUT2D eigenvalue weighted by atomic mass is 32.2. The van der Waals surface area contributed by atoms with Gasteiger partial charge in [0.1, 0.15) is 5.69 Å². The second kappa shape index (κ2) is 10.0. The topological polar surface area (TPSA) is 122 Å². The van der Waals surface area contributed by atoms with Crippen molar-refractivity contribution in [3.8, 4) is 0 Å². The van der Waals surface area contributed by atoms with Gasteiger partial charge in [-0.1, -0.05) is 6.92 Å². The van der Waals surface area contributed by atoms with Crippen LogP contribution in [0.3, 0.4) is 0 Å². The predicted octanol–water partition coefficient (Wildman–Crippen LogP) is 2.41. The number of benzene rings is 1. The van der Waals surface area contributed by atoms with Crippen molar-refractivity contribution in [2.45, 2.75) is 57.4 Å². The number of hydrogen-bond donors (Lipinski definition) is 2. The quantitative estimate of drug-likeness (QED) is 0.462. The summed E-state index contributed by atoms with van der Waals surface area (Å²) >= 11 is 0. The Morgan fingerprint density at radius 1 is 1.24 bits per heavy atom. The molecule has 0 saturated heterocycles. The molecule has 0 atom stereocenters. The molecule has 2 N–H and O–H groups in total. The van der Waals surface area contributed by atoms with Gasteiger partial charge < -0.3 is 10.2 Å². The number of carbonyl (C=O) groups excluding carboxylic acids is 1. The molecule has 1 fully saturated rings. The SMILES string of the molecule is CCNC(=O)CN(CC)c1ccc(S(=O)(=O)NC2CCC(C)CC2)cc1[N+](=O)[O-]. The number of sulfonamides is 1. The van der Waals surface area contributed by atoms with E-state index in [0.717, 1.165) is 31.7 Å². The van der Waals surface area contributed by atoms with E-state index in [1.54, 1.807) is 18.7 Å². The van der Waals surface area contributed by atoms with Crippen molar-refractivity contribution >= 4 is 27.3 Å². The van der Waals surface area contributed by atoms with Gasteiger partial charge >= 0.3 is 0 Å². The summed E-state index contributed by atoms with van der Waals surface area (Å²) in [6.45, 7) is 6.49. The van der Waals surface area contributed by atoms with E-state index in [1.165, 1.54) is 12.1 Å². The van der Waals surface area contributed by atoms with Crippen molar-refractivity contribution < 1.29 is 18.1 Å². The number of amides is 1. The summed E-state index contributed by atoms with van der Waals surface area (Å²) in [6.07, 6.45) is 3.43. The van der Waals surface area contributed by atoms with Gasteiger partial charge in [0.15, 0.2) is 0 Å². The highest BCUT2D eigenvalue weighted by molar-refractivity contribution is 7.89. The summed E-state index contributed by atoms with van der Waals surface area (Å²) in [7, 11) is -3.87. The van der Waals surface area contributed by atoms with Gasteiger partial charge in [-0.25, -0.2) is 13.1 Å². The third kappa shape index (κ3) is 6.14. The second-order valence-corrected chi connectivity index (χ2v) is 9.17. The summed E-state index contributed by atoms with van der Waals surface area (Å²) in [6, 6.07) is 3.68. The lowest BCUT2D eigenvalue weighted by Gasteiger charge is -2.27. The normalized spacial score (nSPS) is 19.6. The molecule has 0 aliphatic heterocycles. The summed E-state index contributed by atoms with van der Waals surface area (Å²) in [5.41, 5.74) is -0.120. The third-order valence-corrected chi connectivity index (χ3v) is 6.74. The van der Waals surface area contributed by atoms with Crippen LogP contribution in [0.5, 0.6) is 0 Å². The standard InChI is InChI=1S/C19H30N4O5S/c1-4-20-19(24)13-22(5-2)17-11-10-16(12-18(17)23(25)26)29(27,28)21-15-8-6-14(3)7-9-15/h10-12,14-15,21H,4-9,13H2,1-3H3,(H,20,24). The first-order valence-electron chi connectivity index (χ1n) is 10.00. The van der Waals surface area contributed by atoms with E-state index in [0.29, 0.717) is 19.0 Å². The summed E-state index contributed by atoms with van der Waals surface area (Å²) in [5, 5.41) is 14.3. The molecule has 0 spiro atoms. The molecule has 162 valence electrons. The van der Waals surface area contributed by atoms with Gasteiger partial charge in [0.05, 0.1) is 16.4 Å². The van der Waals surface area contributed by atoms with E-state index in [1.807, 2.05) is 0 Å². The monoisotopic (exact) mass is 426 g/mol. The first kappa shape index (κ1) is 23.1. The number of nitrogens with one attached hydrogen (secondary N) is 2. The van der Waals surface area contributed by atoms with Crippen LogP contribution in [0.1, 0.15) is 46.5 Å². The number of nitro benzene ring substituents is 1. The van der Waals surface area contributed by atoms with Gasteiger partial charge in [0, 0.05) is 25.2 Å². The molecule has 1 aliphatic carbocycles. The Morgan fingerprint density at radius 3 is 2.45 bits per heavy atom. The summed E-state index contributed by atoms with van der Waals surface area (Å²) < 4.78 is 28.2. The van der Waals surface area contributed by atoms with Crippen molar-refractivity contribution in [3.63, 3.8) is 0 Å². The molecule has 29 heavy (non-hydrogen) atoms. The molecule has 9 nitrogen and oxygen atoms in total. The second-order valence-electron chi connectivity index (χ2n) is 7.45. The Balaban J connectivity index is 2.28. The lowest BCUT2D eigenvalue weighted by Crippen LogP contribution is -2.38. The van der Waals surface area contributed by atoms with E-state index in [4.69, 9.17) is 0 Å². The molecule has 1 aromatic carbocycles. The molecule has 0 unspecified atom stereocenters. The van der Waals surface area contributed by atoms with Crippen molar-refractivity contribution in [3.05, 3.63) is 28.3 Å². The summed E-state index contributed by atoms with van der Waals surface area (Å²) in [4.78, 5) is 24.3. The highest BCUT2D eigenvalue weighted by Crippen LogP contribution is 2.31. The molecule has 0 radical (unpaired) electrons. The molecular weight excluding hydrogens is 396 g/mol. The van der Waals surface area contributed by atoms with Crippen LogP contribution in [-0.4, -0.2) is 44.9 Å². The largest absolute Gasteiger partial charge is 0.357 e. The first-order valence-corrected chi connectivity index (χ1v) is 11.5. The van der Waals surface area contributed by atoms with Gasteiger partial charge in [0.2, 0.25) is 15.9 Å². The van der Waals surface area contributed by atoms with Crippen LogP contribution in [0.2, 0.25) is 0 Å². The van der Waals surface area contributed by atoms with Crippen LogP contribution in [-0.2, 0) is 14.8 Å². The number of carbonyl (C=O) groups is 1. The van der Waals surface area contributed by atoms with E-state index in [2.05, 4.69) is 17.0 Å². The average molecular weight is 427 g/mol. The molecule has 1 amide bonds. The van der Waals surface area contributed by atoms with Crippen molar-refractivity contribution in [2.24, 2.45) is 5.92 Å². The Hall–Kier alpha value is -2.20. The van der Waals surface area contributed by atoms with Crippen LogP contribution < -0.4 is 14.9 Å². The Morgan fingerprint density at radius 2 is 1.90 bits per heavy atom. The average Bonchev–Trinajstić information content (AvgIpc) is 2.67. The molecule has 1 aromatic rings. The van der Waals surface area contributed by atoms with Crippen LogP contribution in [0.15, 0.2) is 23.1 Å². The van der Waals surface area contributed by atoms with Gasteiger partial charge in [-0.05, 0) is 57.6 Å². The third-order valence-electron chi connectivity index (χ3n) is 5.22. The zero-order valence-electron chi connectivity index (χ0n) is 17.2. The first-order chi connectivity index (χ1) is 13.7. The van der Waals surface area contributed by atoms with E-state index < -0.39 is 14.9 Å². The van der Waals surface area contributed by atoms with Crippen molar-refractivity contribution in [2.75, 3.05) is 24.5 Å². The smallest absolute Gasteiger partial charge is 0.293 e. The lowest BCUT2D eigenvalue weighted by atomic mass is 9.88. The molecule has 1 aliphatic rings. The number of likely N-dealkylation sites (N-methyl/N-ethyl adjacent to an activating group) is 2. The minimum absolute atomic E-state index is 0.0458. The zero-order valence-corrected chi connectivity index (χ0v) is 18.0. The van der Waals surface area contributed by atoms with Gasteiger partial charge in [0.25, 0.3) is 5.69 Å². The van der Waals surface area contributed by atoms with Crippen molar-refractivity contribution in [1.29, 1.82) is 0 Å². The maximum Gasteiger partial charge on any atom is 0.293 e. The van der Waals surface area contributed by atoms with Gasteiger partial charge in [-0.15, -0.1) is 0 Å². The van der Waals surface area contributed by atoms with Crippen LogP contribution in [0.4, 0.5) is 11.4 Å². The fourth-order valence-electron chi connectivity index (χ4n) is 3.54. The minimum Gasteiger partial charge on any atom is -0.357 e. The van der Waals surface area contributed by atoms with Crippen LogP contribution in [0.25, 0.3) is 0 Å². The maximum atomic E-state index is 12.8. The molecule has 0 bridgehead atoms. The predicted molar refractivity (Wildman–Crippen MR) is 111 cm³/mol. The van der Waals surface area contributed by atoms with Crippen LogP contribution in [0, 0.1) is 16.0 Å². The van der Waals surface area contributed by atoms with E-state index >= 15 is 0 Å². The molecule has 10 heteroatoms. The number of rotatable bonds is 9. The molecule has 1 saturated carbocycles. The minimum atomic E-state index is -3.87. The van der Waals surface area contributed by atoms with Crippen LogP contribution >= 0.6 is 0 Å². The zero-order chi connectivity index (χ0) is 21.6. The molecule has 0 aromatic heterocycles. The molecule has 0 heterocycles. The van der Waals surface area contributed by atoms with E-state index in [9.17, 15) is 23.3 Å². The number of hydrogen-bond acceptors (Lipinski definition) is 6.